The first-order valence-electron chi connectivity index (χ1n) is 9.33. The van der Waals surface area contributed by atoms with Gasteiger partial charge in [0.25, 0.3) is 12.4 Å². The van der Waals surface area contributed by atoms with Crippen LogP contribution in [0.1, 0.15) is 55.1 Å². The van der Waals surface area contributed by atoms with Crippen molar-refractivity contribution < 1.29 is 24.0 Å². The average molecular weight is 386 g/mol. The van der Waals surface area contributed by atoms with Crippen LogP contribution in [0, 0.1) is 6.92 Å². The molecule has 0 aliphatic heterocycles. The predicted octanol–water partition coefficient (Wildman–Crippen LogP) is 3.62. The molecule has 0 fully saturated rings. The molecule has 0 unspecified atom stereocenters. The van der Waals surface area contributed by atoms with Crippen molar-refractivity contribution in [1.29, 1.82) is 0 Å². The van der Waals surface area contributed by atoms with E-state index in [4.69, 9.17) is 9.57 Å². The van der Waals surface area contributed by atoms with Gasteiger partial charge < -0.3 is 10.1 Å². The van der Waals surface area contributed by atoms with E-state index in [9.17, 15) is 14.4 Å². The molecule has 2 N–H and O–H groups in total. The van der Waals surface area contributed by atoms with Gasteiger partial charge in [-0.05, 0) is 61.6 Å². The van der Waals surface area contributed by atoms with E-state index in [0.29, 0.717) is 42.1 Å². The quantitative estimate of drug-likeness (QED) is 0.507. The lowest BCUT2D eigenvalue weighted by Gasteiger charge is -2.08. The van der Waals surface area contributed by atoms with Gasteiger partial charge in [-0.3, -0.25) is 19.2 Å². The summed E-state index contributed by atoms with van der Waals surface area (Å²) in [5.41, 5.74) is 6.57. The Balaban J connectivity index is 2.71. The van der Waals surface area contributed by atoms with Gasteiger partial charge in [0.15, 0.2) is 5.75 Å². The predicted molar refractivity (Wildman–Crippen MR) is 107 cm³/mol. The summed E-state index contributed by atoms with van der Waals surface area (Å²) in [6.45, 7) is 7.85. The molecule has 0 aromatic rings. The molecular formula is C21H26N2O5. The Morgan fingerprint density at radius 3 is 2.57 bits per heavy atom. The van der Waals surface area contributed by atoms with Gasteiger partial charge in [-0.1, -0.05) is 13.3 Å². The van der Waals surface area contributed by atoms with E-state index in [1.54, 1.807) is 25.1 Å². The molecule has 0 saturated carbocycles. The minimum Gasteiger partial charge on any atom is -0.426 e. The summed E-state index contributed by atoms with van der Waals surface area (Å²) in [4.78, 5) is 40.1. The van der Waals surface area contributed by atoms with E-state index < -0.39 is 0 Å². The zero-order valence-electron chi connectivity index (χ0n) is 16.7. The molecule has 0 bridgehead atoms. The SMILES string of the molecule is CCCCc1c(NC(C)=O)c(OC=O)c2ccc(C(=O)NOCC)cc(C)c1-2. The lowest BCUT2D eigenvalue weighted by molar-refractivity contribution is -0.120. The highest BCUT2D eigenvalue weighted by molar-refractivity contribution is 6.01. The third kappa shape index (κ3) is 4.67. The summed E-state index contributed by atoms with van der Waals surface area (Å²) in [6.07, 6.45) is 2.58. The molecular weight excluding hydrogens is 360 g/mol. The van der Waals surface area contributed by atoms with Crippen molar-refractivity contribution >= 4 is 24.0 Å². The summed E-state index contributed by atoms with van der Waals surface area (Å²) >= 11 is 0. The van der Waals surface area contributed by atoms with Crippen LogP contribution in [0.25, 0.3) is 11.1 Å². The number of hydrogen-bond acceptors (Lipinski definition) is 5. The number of hydroxylamine groups is 1. The number of hydrogen-bond donors (Lipinski definition) is 2. The summed E-state index contributed by atoms with van der Waals surface area (Å²) < 4.78 is 5.25. The fourth-order valence-electron chi connectivity index (χ4n) is 3.23. The van der Waals surface area contributed by atoms with Crippen molar-refractivity contribution in [3.63, 3.8) is 0 Å². The van der Waals surface area contributed by atoms with Crippen molar-refractivity contribution in [2.75, 3.05) is 11.9 Å². The van der Waals surface area contributed by atoms with Crippen LogP contribution in [0.4, 0.5) is 5.69 Å². The number of rotatable bonds is 9. The molecule has 0 atom stereocenters. The van der Waals surface area contributed by atoms with Crippen molar-refractivity contribution in [1.82, 2.24) is 5.48 Å². The van der Waals surface area contributed by atoms with Crippen LogP contribution < -0.4 is 15.5 Å². The Morgan fingerprint density at radius 1 is 1.21 bits per heavy atom. The molecule has 0 radical (unpaired) electrons. The van der Waals surface area contributed by atoms with E-state index in [-0.39, 0.29) is 11.8 Å². The maximum atomic E-state index is 12.3. The average Bonchev–Trinajstić information content (AvgIpc) is 2.81. The Hall–Kier alpha value is -2.93. The number of carbonyl (C=O) groups is 3. The third-order valence-electron chi connectivity index (χ3n) is 4.36. The van der Waals surface area contributed by atoms with Crippen molar-refractivity contribution in [2.24, 2.45) is 0 Å². The Morgan fingerprint density at radius 2 is 1.96 bits per heavy atom. The number of fused-ring (bicyclic) bond motifs is 1. The van der Waals surface area contributed by atoms with Gasteiger partial charge in [0.2, 0.25) is 5.91 Å². The first-order chi connectivity index (χ1) is 13.4. The fourth-order valence-corrected chi connectivity index (χ4v) is 3.23. The molecule has 2 amide bonds. The molecule has 0 spiro atoms. The largest absolute Gasteiger partial charge is 0.426 e. The number of ether oxygens (including phenoxy) is 1. The Labute approximate surface area is 164 Å². The second-order valence-corrected chi connectivity index (χ2v) is 6.45. The second kappa shape index (κ2) is 9.85. The summed E-state index contributed by atoms with van der Waals surface area (Å²) in [5, 5.41) is 2.81. The number of amides is 2. The maximum absolute atomic E-state index is 12.3. The van der Waals surface area contributed by atoms with Gasteiger partial charge in [0, 0.05) is 18.1 Å². The molecule has 2 aliphatic rings. The molecule has 0 aromatic carbocycles. The van der Waals surface area contributed by atoms with Crippen molar-refractivity contribution in [3.8, 4) is 16.9 Å². The number of nitrogens with one attached hydrogen (secondary N) is 2. The van der Waals surface area contributed by atoms with Gasteiger partial charge in [-0.25, -0.2) is 5.48 Å². The zero-order valence-corrected chi connectivity index (χ0v) is 16.7. The van der Waals surface area contributed by atoms with Gasteiger partial charge in [-0.15, -0.1) is 0 Å². The normalized spacial score (nSPS) is 10.6. The minimum atomic E-state index is -0.363. The monoisotopic (exact) mass is 386 g/mol. The first-order valence-corrected chi connectivity index (χ1v) is 9.33. The molecule has 0 saturated heterocycles. The molecule has 0 heterocycles. The summed E-state index contributed by atoms with van der Waals surface area (Å²) in [5.74, 6) is -0.318. The van der Waals surface area contributed by atoms with Gasteiger partial charge in [0.05, 0.1) is 12.3 Å². The van der Waals surface area contributed by atoms with Gasteiger partial charge in [-0.2, -0.15) is 0 Å². The van der Waals surface area contributed by atoms with Crippen molar-refractivity contribution in [2.45, 2.75) is 47.0 Å². The van der Waals surface area contributed by atoms with Crippen LogP contribution in [0.2, 0.25) is 0 Å². The molecule has 7 heteroatoms. The number of carbonyl (C=O) groups excluding carboxylic acids is 3. The molecule has 7 nitrogen and oxygen atoms in total. The second-order valence-electron chi connectivity index (χ2n) is 6.45. The van der Waals surface area contributed by atoms with Crippen LogP contribution in [0.15, 0.2) is 18.2 Å². The van der Waals surface area contributed by atoms with Crippen LogP contribution in [0.5, 0.6) is 5.75 Å². The topological polar surface area (TPSA) is 93.7 Å². The zero-order chi connectivity index (χ0) is 20.7. The van der Waals surface area contributed by atoms with Crippen molar-refractivity contribution in [3.05, 3.63) is 34.9 Å². The van der Waals surface area contributed by atoms with E-state index >= 15 is 0 Å². The highest BCUT2D eigenvalue weighted by atomic mass is 16.6. The van der Waals surface area contributed by atoms with Gasteiger partial charge >= 0.3 is 0 Å². The lowest BCUT2D eigenvalue weighted by atomic mass is 10.00. The van der Waals surface area contributed by atoms with E-state index in [0.717, 1.165) is 29.5 Å². The third-order valence-corrected chi connectivity index (χ3v) is 4.36. The first kappa shape index (κ1) is 21.4. The molecule has 2 aliphatic carbocycles. The standard InChI is InChI=1S/C21H26N2O5/c1-5-7-8-16-18-13(3)11-15(21(26)23-28-6-2)9-10-17(18)20(27-12-24)19(16)22-14(4)25/h9-12H,5-8H2,1-4H3,(H,22,25)(H,23,26). The molecule has 2 rings (SSSR count). The van der Waals surface area contributed by atoms with Crippen LogP contribution in [-0.4, -0.2) is 24.9 Å². The van der Waals surface area contributed by atoms with Crippen LogP contribution >= 0.6 is 0 Å². The minimum absolute atomic E-state index is 0.248. The molecule has 28 heavy (non-hydrogen) atoms. The number of unbranched alkanes of at least 4 members (excludes halogenated alkanes) is 1. The van der Waals surface area contributed by atoms with E-state index in [1.165, 1.54) is 6.92 Å². The Kier molecular flexibility index (Phi) is 7.52. The van der Waals surface area contributed by atoms with E-state index in [2.05, 4.69) is 17.7 Å². The fraction of sp³-hybridized carbons (Fsp3) is 0.381. The number of aryl methyl sites for hydroxylation is 1. The highest BCUT2D eigenvalue weighted by Crippen LogP contribution is 2.48. The smallest absolute Gasteiger partial charge is 0.298 e. The maximum Gasteiger partial charge on any atom is 0.298 e. The molecule has 0 aromatic heterocycles. The van der Waals surface area contributed by atoms with Crippen LogP contribution in [0.3, 0.4) is 0 Å². The Bertz CT molecular complexity index is 847. The van der Waals surface area contributed by atoms with E-state index in [1.807, 2.05) is 6.92 Å². The number of anilines is 1. The summed E-state index contributed by atoms with van der Waals surface area (Å²) in [6, 6.07) is 5.12. The lowest BCUT2D eigenvalue weighted by Crippen LogP contribution is -2.23. The van der Waals surface area contributed by atoms with Gasteiger partial charge in [0.1, 0.15) is 0 Å². The molecule has 150 valence electrons. The highest BCUT2D eigenvalue weighted by Gasteiger charge is 2.26. The summed E-state index contributed by atoms with van der Waals surface area (Å²) in [7, 11) is 0. The van der Waals surface area contributed by atoms with Crippen LogP contribution in [-0.2, 0) is 20.8 Å².